The Kier molecular flexibility index (Phi) is 8.28. The van der Waals surface area contributed by atoms with E-state index in [9.17, 15) is 14.5 Å². The van der Waals surface area contributed by atoms with Gasteiger partial charge >= 0.3 is 0 Å². The molecule has 1 aliphatic heterocycles. The number of nitrogens with zero attached hydrogens (tertiary/aromatic N) is 2. The second kappa shape index (κ2) is 12.0. The molecule has 3 aromatic rings. The molecular weight excluding hydrogens is 474 g/mol. The standard InChI is InChI=1S/C32H37N3O3/c1-22(28-13-7-11-23-10-5-6-12-29(23)28)33-20-27-18-19-35(21-30(27)24-8-3-2-4-9-24)32(37)26-16-14-25(15-17-26)31(36)34-38/h2-13,22,25-27,30,33H,14-21H2,1H3/t22-,25-,26+,27?,30?/m1/s1. The van der Waals surface area contributed by atoms with Crippen molar-refractivity contribution in [2.45, 2.75) is 51.0 Å². The highest BCUT2D eigenvalue weighted by Crippen LogP contribution is 2.36. The van der Waals surface area contributed by atoms with Crippen molar-refractivity contribution in [2.24, 2.45) is 22.9 Å². The molecular formula is C32H37N3O3. The van der Waals surface area contributed by atoms with E-state index in [0.717, 1.165) is 19.5 Å². The van der Waals surface area contributed by atoms with E-state index in [4.69, 9.17) is 0 Å². The number of nitrogens with one attached hydrogen (secondary N) is 1. The van der Waals surface area contributed by atoms with Crippen molar-refractivity contribution in [2.75, 3.05) is 19.6 Å². The van der Waals surface area contributed by atoms with Crippen molar-refractivity contribution in [1.82, 2.24) is 10.2 Å². The van der Waals surface area contributed by atoms with Gasteiger partial charge in [0.15, 0.2) is 0 Å². The van der Waals surface area contributed by atoms with Crippen LogP contribution in [0.15, 0.2) is 78.0 Å². The molecule has 3 aromatic carbocycles. The lowest BCUT2D eigenvalue weighted by Crippen LogP contribution is -2.48. The number of piperidine rings is 1. The molecule has 6 heteroatoms. The molecule has 5 rings (SSSR count). The molecule has 38 heavy (non-hydrogen) atoms. The lowest BCUT2D eigenvalue weighted by atomic mass is 9.78. The second-order valence-electron chi connectivity index (χ2n) is 11.0. The zero-order chi connectivity index (χ0) is 26.5. The molecule has 2 unspecified atom stereocenters. The van der Waals surface area contributed by atoms with Crippen LogP contribution in [-0.4, -0.2) is 36.3 Å². The Hall–Kier alpha value is -3.38. The molecule has 1 aliphatic carbocycles. The van der Waals surface area contributed by atoms with Crippen LogP contribution in [0.1, 0.15) is 62.1 Å². The number of benzene rings is 3. The Morgan fingerprint density at radius 3 is 2.34 bits per heavy atom. The fourth-order valence-corrected chi connectivity index (χ4v) is 6.51. The normalized spacial score (nSPS) is 24.6. The molecule has 0 radical (unpaired) electrons. The summed E-state index contributed by atoms with van der Waals surface area (Å²) in [5, 5.41) is 8.96. The van der Waals surface area contributed by atoms with Gasteiger partial charge < -0.3 is 10.2 Å². The number of nitroso groups, excluding NO2 is 1. The molecule has 2 fully saturated rings. The van der Waals surface area contributed by atoms with E-state index in [1.165, 1.54) is 21.9 Å². The second-order valence-corrected chi connectivity index (χ2v) is 11.0. The van der Waals surface area contributed by atoms with Crippen LogP contribution in [0.2, 0.25) is 0 Å². The number of carbonyl (C=O) groups is 2. The lowest BCUT2D eigenvalue weighted by Gasteiger charge is -2.41. The highest BCUT2D eigenvalue weighted by molar-refractivity contribution is 5.86. The van der Waals surface area contributed by atoms with Gasteiger partial charge in [0.05, 0.1) is 0 Å². The van der Waals surface area contributed by atoms with Crippen molar-refractivity contribution in [3.8, 4) is 0 Å². The van der Waals surface area contributed by atoms with Crippen LogP contribution >= 0.6 is 0 Å². The summed E-state index contributed by atoms with van der Waals surface area (Å²) in [6, 6.07) is 25.8. The summed E-state index contributed by atoms with van der Waals surface area (Å²) in [5.74, 6) is -0.0564. The van der Waals surface area contributed by atoms with Gasteiger partial charge in [-0.1, -0.05) is 72.8 Å². The first kappa shape index (κ1) is 26.2. The molecule has 2 aliphatic rings. The number of hydrogen-bond donors (Lipinski definition) is 1. The Morgan fingerprint density at radius 2 is 1.58 bits per heavy atom. The summed E-state index contributed by atoms with van der Waals surface area (Å²) < 4.78 is 0. The smallest absolute Gasteiger partial charge is 0.289 e. The number of carbonyl (C=O) groups excluding carboxylic acids is 2. The molecule has 0 spiro atoms. The van der Waals surface area contributed by atoms with Gasteiger partial charge in [-0.2, -0.15) is 0 Å². The van der Waals surface area contributed by atoms with Gasteiger partial charge in [0.1, 0.15) is 0 Å². The Labute approximate surface area is 224 Å². The number of hydrogen-bond acceptors (Lipinski definition) is 4. The monoisotopic (exact) mass is 511 g/mol. The van der Waals surface area contributed by atoms with Crippen LogP contribution < -0.4 is 5.32 Å². The first-order chi connectivity index (χ1) is 18.5. The lowest BCUT2D eigenvalue weighted by molar-refractivity contribution is -0.139. The minimum atomic E-state index is -0.564. The quantitative estimate of drug-likeness (QED) is 0.382. The summed E-state index contributed by atoms with van der Waals surface area (Å²) in [5.41, 5.74) is 2.59. The number of likely N-dealkylation sites (tertiary alicyclic amines) is 1. The topological polar surface area (TPSA) is 78.8 Å². The minimum Gasteiger partial charge on any atom is -0.342 e. The third kappa shape index (κ3) is 5.70. The Morgan fingerprint density at radius 1 is 0.895 bits per heavy atom. The van der Waals surface area contributed by atoms with Gasteiger partial charge in [-0.15, -0.1) is 4.91 Å². The van der Waals surface area contributed by atoms with Crippen LogP contribution in [0.5, 0.6) is 0 Å². The highest BCUT2D eigenvalue weighted by atomic mass is 16.3. The molecule has 6 nitrogen and oxygen atoms in total. The maximum Gasteiger partial charge on any atom is 0.289 e. The number of amides is 2. The molecule has 1 N–H and O–H groups in total. The highest BCUT2D eigenvalue weighted by Gasteiger charge is 2.37. The van der Waals surface area contributed by atoms with Crippen LogP contribution in [0.4, 0.5) is 0 Å². The molecule has 3 atom stereocenters. The van der Waals surface area contributed by atoms with Crippen molar-refractivity contribution in [3.63, 3.8) is 0 Å². The molecule has 1 saturated heterocycles. The maximum absolute atomic E-state index is 13.5. The minimum absolute atomic E-state index is 0.0665. The fourth-order valence-electron chi connectivity index (χ4n) is 6.51. The predicted molar refractivity (Wildman–Crippen MR) is 150 cm³/mol. The average Bonchev–Trinajstić information content (AvgIpc) is 2.99. The Balaban J connectivity index is 1.26. The SMILES string of the molecule is C[C@@H](NCC1CCN(C(=O)[C@H]2CC[C@@H](C(=O)N=O)CC2)CC1c1ccccc1)c1cccc2ccccc12. The average molecular weight is 512 g/mol. The van der Waals surface area contributed by atoms with Crippen molar-refractivity contribution in [1.29, 1.82) is 0 Å². The van der Waals surface area contributed by atoms with Gasteiger partial charge in [-0.05, 0) is 73.4 Å². The summed E-state index contributed by atoms with van der Waals surface area (Å²) in [6.07, 6.45) is 3.42. The number of fused-ring (bicyclic) bond motifs is 1. The summed E-state index contributed by atoms with van der Waals surface area (Å²) in [7, 11) is 0. The molecule has 2 amide bonds. The third-order valence-electron chi connectivity index (χ3n) is 8.79. The van der Waals surface area contributed by atoms with Gasteiger partial charge in [0, 0.05) is 42.1 Å². The van der Waals surface area contributed by atoms with E-state index in [-0.39, 0.29) is 29.7 Å². The fraction of sp³-hybridized carbons (Fsp3) is 0.438. The van der Waals surface area contributed by atoms with E-state index >= 15 is 0 Å². The van der Waals surface area contributed by atoms with Crippen molar-refractivity contribution in [3.05, 3.63) is 88.8 Å². The first-order valence-electron chi connectivity index (χ1n) is 14.0. The molecule has 1 saturated carbocycles. The largest absolute Gasteiger partial charge is 0.342 e. The van der Waals surface area contributed by atoms with E-state index in [2.05, 4.69) is 84.1 Å². The molecule has 198 valence electrons. The van der Waals surface area contributed by atoms with Crippen LogP contribution in [-0.2, 0) is 9.59 Å². The van der Waals surface area contributed by atoms with Crippen LogP contribution in [0.3, 0.4) is 0 Å². The molecule has 0 aromatic heterocycles. The van der Waals surface area contributed by atoms with Crippen LogP contribution in [0.25, 0.3) is 10.8 Å². The number of rotatable bonds is 7. The van der Waals surface area contributed by atoms with Gasteiger partial charge in [-0.3, -0.25) is 9.59 Å². The zero-order valence-electron chi connectivity index (χ0n) is 22.1. The maximum atomic E-state index is 13.5. The van der Waals surface area contributed by atoms with Crippen molar-refractivity contribution < 1.29 is 9.59 Å². The van der Waals surface area contributed by atoms with Gasteiger partial charge in [0.25, 0.3) is 5.91 Å². The molecule has 0 bridgehead atoms. The van der Waals surface area contributed by atoms with Gasteiger partial charge in [0.2, 0.25) is 5.91 Å². The summed E-state index contributed by atoms with van der Waals surface area (Å²) in [4.78, 5) is 37.8. The summed E-state index contributed by atoms with van der Waals surface area (Å²) in [6.45, 7) is 4.59. The third-order valence-corrected chi connectivity index (χ3v) is 8.79. The van der Waals surface area contributed by atoms with E-state index in [1.54, 1.807) is 0 Å². The van der Waals surface area contributed by atoms with E-state index < -0.39 is 5.91 Å². The summed E-state index contributed by atoms with van der Waals surface area (Å²) >= 11 is 0. The van der Waals surface area contributed by atoms with E-state index in [0.29, 0.717) is 38.1 Å². The zero-order valence-corrected chi connectivity index (χ0v) is 22.1. The van der Waals surface area contributed by atoms with Crippen LogP contribution in [0, 0.1) is 22.7 Å². The predicted octanol–water partition coefficient (Wildman–Crippen LogP) is 6.22. The van der Waals surface area contributed by atoms with Gasteiger partial charge in [-0.25, -0.2) is 0 Å². The van der Waals surface area contributed by atoms with Crippen molar-refractivity contribution >= 4 is 22.6 Å². The first-order valence-corrected chi connectivity index (χ1v) is 14.0. The van der Waals surface area contributed by atoms with E-state index in [1.807, 2.05) is 11.0 Å². The molecule has 1 heterocycles. The Bertz CT molecular complexity index is 1260.